The van der Waals surface area contributed by atoms with Gasteiger partial charge < -0.3 is 14.2 Å². The molecule has 0 aliphatic carbocycles. The van der Waals surface area contributed by atoms with E-state index in [9.17, 15) is 9.59 Å². The predicted octanol–water partition coefficient (Wildman–Crippen LogP) is 1.64. The minimum atomic E-state index is -0.375. The zero-order valence-electron chi connectivity index (χ0n) is 16.7. The molecule has 3 aromatic rings. The zero-order valence-corrected chi connectivity index (χ0v) is 16.7. The van der Waals surface area contributed by atoms with Gasteiger partial charge in [-0.1, -0.05) is 19.1 Å². The second-order valence-electron chi connectivity index (χ2n) is 7.54. The number of nitrogens with zero attached hydrogens (tertiary/aromatic N) is 5. The Morgan fingerprint density at radius 1 is 1.25 bits per heavy atom. The summed E-state index contributed by atoms with van der Waals surface area (Å²) >= 11 is 0. The van der Waals surface area contributed by atoms with Gasteiger partial charge >= 0.3 is 5.69 Å². The van der Waals surface area contributed by atoms with Gasteiger partial charge in [-0.25, -0.2) is 4.79 Å². The Morgan fingerprint density at radius 3 is 2.75 bits per heavy atom. The van der Waals surface area contributed by atoms with E-state index in [4.69, 9.17) is 9.72 Å². The van der Waals surface area contributed by atoms with Crippen LogP contribution >= 0.6 is 0 Å². The van der Waals surface area contributed by atoms with Crippen molar-refractivity contribution < 1.29 is 4.74 Å². The SMILES string of the molecule is COCCn1c(=O)c2c(nc3n2C[C@@H](C)CN3c2cccc(C)c2)n(C)c1=O. The van der Waals surface area contributed by atoms with Gasteiger partial charge in [0.15, 0.2) is 11.2 Å². The van der Waals surface area contributed by atoms with Crippen LogP contribution in [0.4, 0.5) is 11.6 Å². The maximum atomic E-state index is 13.2. The van der Waals surface area contributed by atoms with Crippen LogP contribution in [0, 0.1) is 12.8 Å². The van der Waals surface area contributed by atoms with E-state index in [1.807, 2.05) is 16.7 Å². The van der Waals surface area contributed by atoms with E-state index in [1.165, 1.54) is 9.13 Å². The van der Waals surface area contributed by atoms with Gasteiger partial charge in [0.2, 0.25) is 5.95 Å². The lowest BCUT2D eigenvalue weighted by atomic mass is 10.1. The molecule has 3 heterocycles. The third-order valence-corrected chi connectivity index (χ3v) is 5.27. The first-order valence-electron chi connectivity index (χ1n) is 9.45. The van der Waals surface area contributed by atoms with E-state index < -0.39 is 0 Å². The number of fused-ring (bicyclic) bond motifs is 3. The summed E-state index contributed by atoms with van der Waals surface area (Å²) in [7, 11) is 3.21. The Hall–Kier alpha value is -2.87. The van der Waals surface area contributed by atoms with Crippen molar-refractivity contribution in [2.75, 3.05) is 25.2 Å². The average Bonchev–Trinajstić information content (AvgIpc) is 3.05. The van der Waals surface area contributed by atoms with Crippen LogP contribution in [0.25, 0.3) is 11.2 Å². The topological polar surface area (TPSA) is 74.3 Å². The highest BCUT2D eigenvalue weighted by Crippen LogP contribution is 2.33. The van der Waals surface area contributed by atoms with Crippen molar-refractivity contribution in [3.05, 3.63) is 50.7 Å². The number of ether oxygens (including phenoxy) is 1. The molecule has 4 rings (SSSR count). The zero-order chi connectivity index (χ0) is 20.0. The van der Waals surface area contributed by atoms with Crippen molar-refractivity contribution in [3.63, 3.8) is 0 Å². The number of aromatic nitrogens is 4. The molecule has 0 saturated carbocycles. The third kappa shape index (κ3) is 2.84. The first-order chi connectivity index (χ1) is 13.4. The van der Waals surface area contributed by atoms with Gasteiger partial charge in [0.1, 0.15) is 0 Å². The molecule has 148 valence electrons. The van der Waals surface area contributed by atoms with E-state index in [0.717, 1.165) is 17.8 Å². The van der Waals surface area contributed by atoms with Gasteiger partial charge in [-0.05, 0) is 30.5 Å². The molecule has 28 heavy (non-hydrogen) atoms. The normalized spacial score (nSPS) is 16.6. The molecular weight excluding hydrogens is 358 g/mol. The maximum absolute atomic E-state index is 13.2. The standard InChI is InChI=1S/C20H25N5O3/c1-13-6-5-7-15(10-13)24-11-14(2)12-25-16-17(21-19(24)25)22(3)20(27)23(18(16)26)8-9-28-4/h5-7,10,14H,8-9,11-12H2,1-4H3/t14-/m0/s1. The minimum absolute atomic E-state index is 0.218. The Bertz CT molecular complexity index is 1160. The van der Waals surface area contributed by atoms with Crippen LogP contribution in [-0.4, -0.2) is 38.9 Å². The molecule has 0 spiro atoms. The number of anilines is 2. The van der Waals surface area contributed by atoms with E-state index in [0.29, 0.717) is 36.2 Å². The van der Waals surface area contributed by atoms with Crippen molar-refractivity contribution in [1.82, 2.24) is 18.7 Å². The largest absolute Gasteiger partial charge is 0.383 e. The fourth-order valence-electron chi connectivity index (χ4n) is 3.90. The van der Waals surface area contributed by atoms with Crippen LogP contribution in [0.15, 0.2) is 33.9 Å². The van der Waals surface area contributed by atoms with Crippen LogP contribution in [0.2, 0.25) is 0 Å². The van der Waals surface area contributed by atoms with E-state index in [2.05, 4.69) is 30.9 Å². The summed E-state index contributed by atoms with van der Waals surface area (Å²) in [6.07, 6.45) is 0. The quantitative estimate of drug-likeness (QED) is 0.685. The fourth-order valence-corrected chi connectivity index (χ4v) is 3.90. The monoisotopic (exact) mass is 383 g/mol. The lowest BCUT2D eigenvalue weighted by Gasteiger charge is -2.33. The number of methoxy groups -OCH3 is 1. The molecule has 1 aromatic carbocycles. The number of hydrogen-bond donors (Lipinski definition) is 0. The molecule has 0 radical (unpaired) electrons. The minimum Gasteiger partial charge on any atom is -0.383 e. The first kappa shape index (κ1) is 18.5. The molecule has 2 aromatic heterocycles. The summed E-state index contributed by atoms with van der Waals surface area (Å²) in [5.74, 6) is 1.03. The van der Waals surface area contributed by atoms with Crippen LogP contribution in [0.3, 0.4) is 0 Å². The van der Waals surface area contributed by atoms with Crippen molar-refractivity contribution in [1.29, 1.82) is 0 Å². The summed E-state index contributed by atoms with van der Waals surface area (Å²) in [4.78, 5) is 32.7. The summed E-state index contributed by atoms with van der Waals surface area (Å²) in [6, 6.07) is 8.23. The average molecular weight is 383 g/mol. The maximum Gasteiger partial charge on any atom is 0.332 e. The summed E-state index contributed by atoms with van der Waals surface area (Å²) in [5, 5.41) is 0. The van der Waals surface area contributed by atoms with Crippen LogP contribution in [-0.2, 0) is 24.9 Å². The number of benzene rings is 1. The van der Waals surface area contributed by atoms with Gasteiger partial charge in [-0.2, -0.15) is 4.98 Å². The Balaban J connectivity index is 1.98. The Morgan fingerprint density at radius 2 is 2.04 bits per heavy atom. The smallest absolute Gasteiger partial charge is 0.332 e. The molecule has 1 aliphatic rings. The lowest BCUT2D eigenvalue weighted by Crippen LogP contribution is -2.41. The molecule has 0 saturated heterocycles. The van der Waals surface area contributed by atoms with E-state index in [1.54, 1.807) is 14.2 Å². The summed E-state index contributed by atoms with van der Waals surface area (Å²) in [5.41, 5.74) is 2.40. The van der Waals surface area contributed by atoms with Crippen LogP contribution in [0.5, 0.6) is 0 Å². The summed E-state index contributed by atoms with van der Waals surface area (Å²) in [6.45, 7) is 6.22. The van der Waals surface area contributed by atoms with Crippen molar-refractivity contribution >= 4 is 22.8 Å². The molecule has 1 aliphatic heterocycles. The molecule has 0 bridgehead atoms. The number of rotatable bonds is 4. The number of aryl methyl sites for hydroxylation is 2. The van der Waals surface area contributed by atoms with Gasteiger partial charge in [-0.15, -0.1) is 0 Å². The highest BCUT2D eigenvalue weighted by atomic mass is 16.5. The fraction of sp³-hybridized carbons (Fsp3) is 0.450. The predicted molar refractivity (Wildman–Crippen MR) is 108 cm³/mol. The van der Waals surface area contributed by atoms with Crippen LogP contribution < -0.4 is 16.1 Å². The van der Waals surface area contributed by atoms with E-state index >= 15 is 0 Å². The Labute approximate surface area is 162 Å². The second-order valence-corrected chi connectivity index (χ2v) is 7.54. The molecule has 8 heteroatoms. The number of imidazole rings is 1. The molecule has 0 unspecified atom stereocenters. The molecule has 0 fully saturated rings. The molecule has 8 nitrogen and oxygen atoms in total. The summed E-state index contributed by atoms with van der Waals surface area (Å²) < 4.78 is 9.71. The highest BCUT2D eigenvalue weighted by Gasteiger charge is 2.29. The van der Waals surface area contributed by atoms with Crippen molar-refractivity contribution in [3.8, 4) is 0 Å². The van der Waals surface area contributed by atoms with Gasteiger partial charge in [0.05, 0.1) is 13.2 Å². The van der Waals surface area contributed by atoms with E-state index in [-0.39, 0.29) is 17.8 Å². The van der Waals surface area contributed by atoms with Gasteiger partial charge in [-0.3, -0.25) is 13.9 Å². The third-order valence-electron chi connectivity index (χ3n) is 5.27. The van der Waals surface area contributed by atoms with Crippen molar-refractivity contribution in [2.24, 2.45) is 13.0 Å². The second kappa shape index (κ2) is 6.94. The van der Waals surface area contributed by atoms with Crippen molar-refractivity contribution in [2.45, 2.75) is 26.9 Å². The van der Waals surface area contributed by atoms with Gasteiger partial charge in [0.25, 0.3) is 5.56 Å². The highest BCUT2D eigenvalue weighted by molar-refractivity contribution is 5.77. The molecule has 0 amide bonds. The number of hydrogen-bond acceptors (Lipinski definition) is 5. The van der Waals surface area contributed by atoms with Gasteiger partial charge in [0, 0.05) is 32.9 Å². The Kier molecular flexibility index (Phi) is 4.58. The molecule has 0 N–H and O–H groups in total. The molecule has 1 atom stereocenters. The molecular formula is C20H25N5O3. The first-order valence-corrected chi connectivity index (χ1v) is 9.45. The van der Waals surface area contributed by atoms with Crippen LogP contribution in [0.1, 0.15) is 12.5 Å². The lowest BCUT2D eigenvalue weighted by molar-refractivity contribution is 0.184.